The normalized spacial score (nSPS) is 23.0. The van der Waals surface area contributed by atoms with Gasteiger partial charge in [0.15, 0.2) is 0 Å². The fraction of sp³-hybridized carbons (Fsp3) is 0.950. The molecule has 142 valence electrons. The Morgan fingerprint density at radius 3 is 2.29 bits per heavy atom. The van der Waals surface area contributed by atoms with Crippen molar-refractivity contribution in [3.63, 3.8) is 0 Å². The van der Waals surface area contributed by atoms with Crippen LogP contribution in [0.2, 0.25) is 0 Å². The molecular formula is C20H40N2O2. The number of carbonyl (C=O) groups excluding carboxylic acids is 1. The Labute approximate surface area is 149 Å². The lowest BCUT2D eigenvalue weighted by Gasteiger charge is -2.29. The summed E-state index contributed by atoms with van der Waals surface area (Å²) < 4.78 is 5.07. The highest BCUT2D eigenvalue weighted by Crippen LogP contribution is 2.36. The SMILES string of the molecule is COC(=O)C1CC(CC(C)(C)CCN(C)C)CN1CCC(C)(C)C. The number of hydrogen-bond acceptors (Lipinski definition) is 4. The van der Waals surface area contributed by atoms with Crippen LogP contribution in [-0.2, 0) is 9.53 Å². The van der Waals surface area contributed by atoms with E-state index in [0.717, 1.165) is 32.5 Å². The van der Waals surface area contributed by atoms with Crippen molar-refractivity contribution in [2.45, 2.75) is 66.3 Å². The highest BCUT2D eigenvalue weighted by molar-refractivity contribution is 5.76. The summed E-state index contributed by atoms with van der Waals surface area (Å²) in [4.78, 5) is 16.8. The van der Waals surface area contributed by atoms with Crippen molar-refractivity contribution < 1.29 is 9.53 Å². The first-order chi connectivity index (χ1) is 10.9. The van der Waals surface area contributed by atoms with Crippen LogP contribution >= 0.6 is 0 Å². The number of nitrogens with zero attached hydrogens (tertiary/aromatic N) is 2. The summed E-state index contributed by atoms with van der Waals surface area (Å²) in [5.74, 6) is 0.531. The smallest absolute Gasteiger partial charge is 0.323 e. The lowest BCUT2D eigenvalue weighted by molar-refractivity contribution is -0.146. The van der Waals surface area contributed by atoms with Crippen LogP contribution in [-0.4, -0.2) is 62.7 Å². The van der Waals surface area contributed by atoms with Crippen molar-refractivity contribution in [1.82, 2.24) is 9.80 Å². The Morgan fingerprint density at radius 2 is 1.79 bits per heavy atom. The molecule has 4 heteroatoms. The fourth-order valence-corrected chi connectivity index (χ4v) is 3.66. The Hall–Kier alpha value is -0.610. The molecule has 2 atom stereocenters. The third-order valence-electron chi connectivity index (χ3n) is 5.19. The van der Waals surface area contributed by atoms with E-state index in [1.807, 2.05) is 0 Å². The van der Waals surface area contributed by atoms with E-state index in [1.165, 1.54) is 20.0 Å². The van der Waals surface area contributed by atoms with E-state index in [9.17, 15) is 4.79 Å². The zero-order chi connectivity index (χ0) is 18.5. The molecule has 0 aromatic carbocycles. The molecule has 1 saturated heterocycles. The van der Waals surface area contributed by atoms with Crippen LogP contribution < -0.4 is 0 Å². The lowest BCUT2D eigenvalue weighted by atomic mass is 9.79. The molecule has 0 spiro atoms. The molecular weight excluding hydrogens is 300 g/mol. The predicted octanol–water partition coefficient (Wildman–Crippen LogP) is 3.65. The second-order valence-corrected chi connectivity index (χ2v) is 9.87. The minimum absolute atomic E-state index is 0.0491. The molecule has 0 aromatic heterocycles. The van der Waals surface area contributed by atoms with Crippen molar-refractivity contribution in [2.75, 3.05) is 40.8 Å². The lowest BCUT2D eigenvalue weighted by Crippen LogP contribution is -2.38. The predicted molar refractivity (Wildman–Crippen MR) is 101 cm³/mol. The van der Waals surface area contributed by atoms with Crippen molar-refractivity contribution in [3.05, 3.63) is 0 Å². The van der Waals surface area contributed by atoms with Crippen LogP contribution in [0.5, 0.6) is 0 Å². The molecule has 0 N–H and O–H groups in total. The number of methoxy groups -OCH3 is 1. The molecule has 0 aliphatic carbocycles. The maximum atomic E-state index is 12.2. The van der Waals surface area contributed by atoms with Gasteiger partial charge < -0.3 is 9.64 Å². The van der Waals surface area contributed by atoms with Gasteiger partial charge in [0, 0.05) is 6.54 Å². The number of carbonyl (C=O) groups is 1. The Morgan fingerprint density at radius 1 is 1.17 bits per heavy atom. The van der Waals surface area contributed by atoms with Crippen LogP contribution in [0.25, 0.3) is 0 Å². The number of rotatable bonds is 8. The molecule has 0 amide bonds. The van der Waals surface area contributed by atoms with Gasteiger partial charge in [0.2, 0.25) is 0 Å². The standard InChI is InChI=1S/C20H40N2O2/c1-19(2,3)9-12-22-15-16(13-17(22)18(23)24-8)14-20(4,5)10-11-21(6)7/h16-17H,9-15H2,1-8H3. The first-order valence-electron chi connectivity index (χ1n) is 9.40. The van der Waals surface area contributed by atoms with Gasteiger partial charge in [-0.15, -0.1) is 0 Å². The average Bonchev–Trinajstić information content (AvgIpc) is 2.83. The minimum Gasteiger partial charge on any atom is -0.468 e. The number of esters is 1. The summed E-state index contributed by atoms with van der Waals surface area (Å²) in [5.41, 5.74) is 0.610. The fourth-order valence-electron chi connectivity index (χ4n) is 3.66. The maximum absolute atomic E-state index is 12.2. The third kappa shape index (κ3) is 7.52. The second kappa shape index (κ2) is 8.66. The molecule has 1 rings (SSSR count). The molecule has 4 nitrogen and oxygen atoms in total. The Balaban J connectivity index is 2.66. The van der Waals surface area contributed by atoms with Gasteiger partial charge in [-0.2, -0.15) is 0 Å². The molecule has 0 saturated carbocycles. The van der Waals surface area contributed by atoms with Crippen molar-refractivity contribution in [3.8, 4) is 0 Å². The summed E-state index contributed by atoms with van der Waals surface area (Å²) in [5, 5.41) is 0. The van der Waals surface area contributed by atoms with Crippen LogP contribution in [0.4, 0.5) is 0 Å². The van der Waals surface area contributed by atoms with Gasteiger partial charge in [-0.25, -0.2) is 0 Å². The van der Waals surface area contributed by atoms with Crippen molar-refractivity contribution >= 4 is 5.97 Å². The molecule has 1 aliphatic heterocycles. The zero-order valence-electron chi connectivity index (χ0n) is 17.3. The highest BCUT2D eigenvalue weighted by atomic mass is 16.5. The van der Waals surface area contributed by atoms with E-state index in [2.05, 4.69) is 58.5 Å². The molecule has 0 radical (unpaired) electrons. The van der Waals surface area contributed by atoms with Gasteiger partial charge in [0.05, 0.1) is 7.11 Å². The quantitative estimate of drug-likeness (QED) is 0.631. The summed E-state index contributed by atoms with van der Waals surface area (Å²) >= 11 is 0. The maximum Gasteiger partial charge on any atom is 0.323 e. The van der Waals surface area contributed by atoms with E-state index in [1.54, 1.807) is 0 Å². The third-order valence-corrected chi connectivity index (χ3v) is 5.19. The van der Waals surface area contributed by atoms with E-state index in [-0.39, 0.29) is 12.0 Å². The summed E-state index contributed by atoms with van der Waals surface area (Å²) in [6, 6.07) is -0.0491. The summed E-state index contributed by atoms with van der Waals surface area (Å²) in [7, 11) is 5.78. The topological polar surface area (TPSA) is 32.8 Å². The van der Waals surface area contributed by atoms with E-state index in [0.29, 0.717) is 16.7 Å². The molecule has 2 unspecified atom stereocenters. The summed E-state index contributed by atoms with van der Waals surface area (Å²) in [6.45, 7) is 14.6. The highest BCUT2D eigenvalue weighted by Gasteiger charge is 2.39. The zero-order valence-corrected chi connectivity index (χ0v) is 17.3. The van der Waals surface area contributed by atoms with Gasteiger partial charge in [0.1, 0.15) is 6.04 Å². The van der Waals surface area contributed by atoms with Gasteiger partial charge >= 0.3 is 5.97 Å². The molecule has 0 bridgehead atoms. The van der Waals surface area contributed by atoms with Gasteiger partial charge in [0.25, 0.3) is 0 Å². The van der Waals surface area contributed by atoms with E-state index in [4.69, 9.17) is 4.74 Å². The molecule has 0 aromatic rings. The minimum atomic E-state index is -0.0579. The van der Waals surface area contributed by atoms with Crippen LogP contribution in [0.3, 0.4) is 0 Å². The van der Waals surface area contributed by atoms with Gasteiger partial charge in [-0.3, -0.25) is 9.69 Å². The van der Waals surface area contributed by atoms with E-state index < -0.39 is 0 Å². The first kappa shape index (κ1) is 21.4. The second-order valence-electron chi connectivity index (χ2n) is 9.87. The average molecular weight is 341 g/mol. The van der Waals surface area contributed by atoms with Gasteiger partial charge in [-0.1, -0.05) is 34.6 Å². The number of likely N-dealkylation sites (tertiary alicyclic amines) is 1. The van der Waals surface area contributed by atoms with Crippen molar-refractivity contribution in [1.29, 1.82) is 0 Å². The molecule has 1 aliphatic rings. The van der Waals surface area contributed by atoms with Crippen LogP contribution in [0.15, 0.2) is 0 Å². The van der Waals surface area contributed by atoms with E-state index >= 15 is 0 Å². The Bertz CT molecular complexity index is 399. The number of ether oxygens (including phenoxy) is 1. The first-order valence-corrected chi connectivity index (χ1v) is 9.40. The monoisotopic (exact) mass is 340 g/mol. The number of hydrogen-bond donors (Lipinski definition) is 0. The summed E-state index contributed by atoms with van der Waals surface area (Å²) in [6.07, 6.45) is 4.43. The molecule has 1 heterocycles. The van der Waals surface area contributed by atoms with Crippen LogP contribution in [0.1, 0.15) is 60.3 Å². The van der Waals surface area contributed by atoms with Crippen molar-refractivity contribution in [2.24, 2.45) is 16.7 Å². The Kier molecular flexibility index (Phi) is 7.74. The van der Waals surface area contributed by atoms with Crippen LogP contribution in [0, 0.1) is 16.7 Å². The van der Waals surface area contributed by atoms with Gasteiger partial charge in [-0.05, 0) is 69.6 Å². The molecule has 1 fully saturated rings. The largest absolute Gasteiger partial charge is 0.468 e. The molecule has 24 heavy (non-hydrogen) atoms.